The van der Waals surface area contributed by atoms with Crippen molar-refractivity contribution < 1.29 is 18.5 Å². The second-order valence-corrected chi connectivity index (χ2v) is 9.02. The minimum atomic E-state index is -4.06. The molecule has 0 saturated heterocycles. The minimum absolute atomic E-state index is 0.264. The second kappa shape index (κ2) is 16.0. The van der Waals surface area contributed by atoms with Gasteiger partial charge in [-0.25, -0.2) is 4.57 Å². The summed E-state index contributed by atoms with van der Waals surface area (Å²) in [6, 6.07) is 7.51. The third kappa shape index (κ3) is 12.6. The second-order valence-electron chi connectivity index (χ2n) is 7.64. The van der Waals surface area contributed by atoms with Crippen molar-refractivity contribution in [2.75, 3.05) is 6.61 Å². The van der Waals surface area contributed by atoms with Crippen molar-refractivity contribution >= 4 is 7.82 Å². The quantitative estimate of drug-likeness (QED) is 0.197. The Hall–Kier alpha value is -0.830. The molecule has 1 unspecified atom stereocenters. The highest BCUT2D eigenvalue weighted by Crippen LogP contribution is 2.45. The van der Waals surface area contributed by atoms with E-state index in [0.29, 0.717) is 5.75 Å². The molecule has 1 atom stereocenters. The molecule has 4 nitrogen and oxygen atoms in total. The zero-order valence-electron chi connectivity index (χ0n) is 18.0. The van der Waals surface area contributed by atoms with Gasteiger partial charge in [0.25, 0.3) is 0 Å². The van der Waals surface area contributed by atoms with Crippen molar-refractivity contribution in [2.24, 2.45) is 0 Å². The van der Waals surface area contributed by atoms with Crippen LogP contribution in [0.3, 0.4) is 0 Å². The van der Waals surface area contributed by atoms with Crippen molar-refractivity contribution in [2.45, 2.75) is 104 Å². The highest BCUT2D eigenvalue weighted by atomic mass is 31.2. The van der Waals surface area contributed by atoms with Crippen molar-refractivity contribution in [1.82, 2.24) is 0 Å². The van der Waals surface area contributed by atoms with Crippen LogP contribution in [-0.2, 0) is 15.5 Å². The van der Waals surface area contributed by atoms with Gasteiger partial charge in [0.05, 0.1) is 6.61 Å². The Morgan fingerprint density at radius 1 is 0.786 bits per heavy atom. The summed E-state index contributed by atoms with van der Waals surface area (Å²) in [6.45, 7) is 4.68. The highest BCUT2D eigenvalue weighted by Gasteiger charge is 2.23. The van der Waals surface area contributed by atoms with Crippen LogP contribution in [0, 0.1) is 0 Å². The van der Waals surface area contributed by atoms with Crippen molar-refractivity contribution in [3.63, 3.8) is 0 Å². The lowest BCUT2D eigenvalue weighted by Gasteiger charge is -2.16. The van der Waals surface area contributed by atoms with E-state index in [9.17, 15) is 9.46 Å². The van der Waals surface area contributed by atoms with Gasteiger partial charge in [-0.2, -0.15) is 0 Å². The molecule has 0 aliphatic heterocycles. The molecular weight excluding hydrogens is 371 g/mol. The van der Waals surface area contributed by atoms with E-state index in [0.717, 1.165) is 37.7 Å². The van der Waals surface area contributed by atoms with Gasteiger partial charge in [0.2, 0.25) is 0 Å². The Morgan fingerprint density at radius 3 is 1.96 bits per heavy atom. The van der Waals surface area contributed by atoms with Crippen LogP contribution >= 0.6 is 7.82 Å². The van der Waals surface area contributed by atoms with Gasteiger partial charge in [-0.05, 0) is 30.9 Å². The standard InChI is InChI=1S/C23H41O4P/c1-3-5-7-9-11-12-14-18-22-19-15-16-20-23(22)27-28(24,25)26-21-17-13-10-8-6-4-2/h15-16,19-20H,3-14,17-18,21H2,1-2H3,(H,24,25). The number of phosphoric acid groups is 1. The van der Waals surface area contributed by atoms with Crippen molar-refractivity contribution in [3.8, 4) is 5.75 Å². The van der Waals surface area contributed by atoms with E-state index in [1.807, 2.05) is 18.2 Å². The molecule has 28 heavy (non-hydrogen) atoms. The Balaban J connectivity index is 2.32. The molecule has 0 aliphatic carbocycles. The molecule has 0 amide bonds. The lowest BCUT2D eigenvalue weighted by atomic mass is 10.0. The summed E-state index contributed by atoms with van der Waals surface area (Å²) >= 11 is 0. The normalized spacial score (nSPS) is 13.4. The fraction of sp³-hybridized carbons (Fsp3) is 0.739. The van der Waals surface area contributed by atoms with Gasteiger partial charge >= 0.3 is 7.82 Å². The van der Waals surface area contributed by atoms with Crippen LogP contribution in [-0.4, -0.2) is 11.5 Å². The Bertz CT molecular complexity index is 547. The van der Waals surface area contributed by atoms with Gasteiger partial charge in [-0.15, -0.1) is 0 Å². The maximum Gasteiger partial charge on any atom is 0.527 e. The van der Waals surface area contributed by atoms with Gasteiger partial charge in [0.1, 0.15) is 5.75 Å². The third-order valence-corrected chi connectivity index (χ3v) is 5.92. The molecule has 1 aromatic rings. The first-order valence-corrected chi connectivity index (χ1v) is 12.8. The van der Waals surface area contributed by atoms with Gasteiger partial charge in [-0.1, -0.05) is 103 Å². The van der Waals surface area contributed by atoms with Crippen molar-refractivity contribution in [1.29, 1.82) is 0 Å². The first-order chi connectivity index (χ1) is 13.6. The molecule has 162 valence electrons. The van der Waals surface area contributed by atoms with E-state index >= 15 is 0 Å². The van der Waals surface area contributed by atoms with Crippen LogP contribution in [0.5, 0.6) is 5.75 Å². The summed E-state index contributed by atoms with van der Waals surface area (Å²) in [5.74, 6) is 0.474. The molecule has 0 heterocycles. The number of benzene rings is 1. The summed E-state index contributed by atoms with van der Waals surface area (Å²) in [5, 5.41) is 0. The predicted molar refractivity (Wildman–Crippen MR) is 118 cm³/mol. The molecule has 1 aromatic carbocycles. The first kappa shape index (κ1) is 25.2. The summed E-state index contributed by atoms with van der Waals surface area (Å²) in [7, 11) is -4.06. The van der Waals surface area contributed by atoms with Gasteiger partial charge in [-0.3, -0.25) is 9.42 Å². The number of hydrogen-bond donors (Lipinski definition) is 1. The van der Waals surface area contributed by atoms with Crippen LogP contribution < -0.4 is 4.52 Å². The Kier molecular flexibility index (Phi) is 14.4. The van der Waals surface area contributed by atoms with Gasteiger partial charge in [0.15, 0.2) is 0 Å². The third-order valence-electron chi connectivity index (χ3n) is 4.99. The molecule has 0 radical (unpaired) electrons. The number of aryl methyl sites for hydroxylation is 1. The van der Waals surface area contributed by atoms with E-state index < -0.39 is 7.82 Å². The van der Waals surface area contributed by atoms with Gasteiger partial charge < -0.3 is 4.52 Å². The summed E-state index contributed by atoms with van der Waals surface area (Å²) in [6.07, 6.45) is 16.2. The van der Waals surface area contributed by atoms with Crippen LogP contribution in [0.25, 0.3) is 0 Å². The van der Waals surface area contributed by atoms with Gasteiger partial charge in [0, 0.05) is 0 Å². The minimum Gasteiger partial charge on any atom is -0.404 e. The predicted octanol–water partition coefficient (Wildman–Crippen LogP) is 7.84. The number of para-hydroxylation sites is 1. The lowest BCUT2D eigenvalue weighted by Crippen LogP contribution is -2.01. The molecular formula is C23H41O4P. The molecule has 0 aromatic heterocycles. The smallest absolute Gasteiger partial charge is 0.404 e. The topological polar surface area (TPSA) is 55.8 Å². The number of phosphoric ester groups is 1. The maximum atomic E-state index is 12.3. The zero-order valence-corrected chi connectivity index (χ0v) is 18.9. The highest BCUT2D eigenvalue weighted by molar-refractivity contribution is 7.47. The van der Waals surface area contributed by atoms with Crippen LogP contribution in [0.2, 0.25) is 0 Å². The Labute approximate surface area is 172 Å². The molecule has 0 fully saturated rings. The SMILES string of the molecule is CCCCCCCCCc1ccccc1OP(=O)(O)OCCCCCCCC. The zero-order chi connectivity index (χ0) is 20.5. The fourth-order valence-electron chi connectivity index (χ4n) is 3.28. The van der Waals surface area contributed by atoms with E-state index in [2.05, 4.69) is 13.8 Å². The van der Waals surface area contributed by atoms with Crippen LogP contribution in [0.1, 0.15) is 103 Å². The fourth-order valence-corrected chi connectivity index (χ4v) is 4.12. The van der Waals surface area contributed by atoms with E-state index in [1.54, 1.807) is 6.07 Å². The molecule has 0 bridgehead atoms. The number of rotatable bonds is 18. The summed E-state index contributed by atoms with van der Waals surface area (Å²) in [4.78, 5) is 10.0. The molecule has 5 heteroatoms. The summed E-state index contributed by atoms with van der Waals surface area (Å²) in [5.41, 5.74) is 0.980. The van der Waals surface area contributed by atoms with Crippen LogP contribution in [0.15, 0.2) is 24.3 Å². The molecule has 1 N–H and O–H groups in total. The monoisotopic (exact) mass is 412 g/mol. The lowest BCUT2D eigenvalue weighted by molar-refractivity contribution is 0.199. The average Bonchev–Trinajstić information content (AvgIpc) is 2.67. The first-order valence-electron chi connectivity index (χ1n) is 11.3. The Morgan fingerprint density at radius 2 is 1.32 bits per heavy atom. The van der Waals surface area contributed by atoms with Crippen molar-refractivity contribution in [3.05, 3.63) is 29.8 Å². The summed E-state index contributed by atoms with van der Waals surface area (Å²) < 4.78 is 22.8. The molecule has 0 spiro atoms. The average molecular weight is 413 g/mol. The maximum absolute atomic E-state index is 12.3. The van der Waals surface area contributed by atoms with E-state index in [-0.39, 0.29) is 6.61 Å². The largest absolute Gasteiger partial charge is 0.527 e. The number of hydrogen-bond acceptors (Lipinski definition) is 3. The van der Waals surface area contributed by atoms with E-state index in [1.165, 1.54) is 57.8 Å². The van der Waals surface area contributed by atoms with E-state index in [4.69, 9.17) is 9.05 Å². The number of unbranched alkanes of at least 4 members (excludes halogenated alkanes) is 11. The molecule has 0 saturated carbocycles. The van der Waals surface area contributed by atoms with Crippen LogP contribution in [0.4, 0.5) is 0 Å². The molecule has 1 rings (SSSR count). The molecule has 0 aliphatic rings.